The van der Waals surface area contributed by atoms with Crippen LogP contribution in [0.5, 0.6) is 5.75 Å². The number of para-hydroxylation sites is 1. The van der Waals surface area contributed by atoms with E-state index in [2.05, 4.69) is 10.2 Å². The van der Waals surface area contributed by atoms with Crippen molar-refractivity contribution in [3.05, 3.63) is 29.8 Å². The van der Waals surface area contributed by atoms with Gasteiger partial charge in [-0.25, -0.2) is 0 Å². The molecule has 0 unspecified atom stereocenters. The predicted octanol–water partition coefficient (Wildman–Crippen LogP) is 1.15. The molecule has 2 N–H and O–H groups in total. The Morgan fingerprint density at radius 2 is 1.82 bits per heavy atom. The molecule has 2 aliphatic rings. The summed E-state index contributed by atoms with van der Waals surface area (Å²) in [5, 5.41) is 13.2. The molecule has 2 fully saturated rings. The number of phenolic OH excluding ortho intramolecular Hbond substituents is 1. The van der Waals surface area contributed by atoms with Crippen molar-refractivity contribution in [3.63, 3.8) is 0 Å². The SMILES string of the molecule is O=C(c1ccccc1O)N1CCN(CC2CCNCC2)CC1. The number of hydrogen-bond acceptors (Lipinski definition) is 4. The van der Waals surface area contributed by atoms with Crippen molar-refractivity contribution in [2.24, 2.45) is 5.92 Å². The zero-order valence-electron chi connectivity index (χ0n) is 13.0. The van der Waals surface area contributed by atoms with E-state index >= 15 is 0 Å². The molecular formula is C17H25N3O2. The number of benzene rings is 1. The number of carbonyl (C=O) groups excluding carboxylic acids is 1. The van der Waals surface area contributed by atoms with Gasteiger partial charge in [0.15, 0.2) is 0 Å². The van der Waals surface area contributed by atoms with E-state index in [1.165, 1.54) is 12.8 Å². The van der Waals surface area contributed by atoms with E-state index in [1.807, 2.05) is 4.90 Å². The van der Waals surface area contributed by atoms with Crippen LogP contribution in [0.1, 0.15) is 23.2 Å². The summed E-state index contributed by atoms with van der Waals surface area (Å²) in [5.74, 6) is 0.811. The summed E-state index contributed by atoms with van der Waals surface area (Å²) in [6.45, 7) is 6.79. The molecule has 5 nitrogen and oxygen atoms in total. The van der Waals surface area contributed by atoms with E-state index in [9.17, 15) is 9.90 Å². The molecule has 0 aliphatic carbocycles. The molecule has 2 heterocycles. The summed E-state index contributed by atoms with van der Waals surface area (Å²) >= 11 is 0. The second-order valence-corrected chi connectivity index (χ2v) is 6.30. The fourth-order valence-corrected chi connectivity index (χ4v) is 3.39. The highest BCUT2D eigenvalue weighted by Gasteiger charge is 2.25. The molecule has 0 spiro atoms. The predicted molar refractivity (Wildman–Crippen MR) is 86.0 cm³/mol. The molecule has 120 valence electrons. The summed E-state index contributed by atoms with van der Waals surface area (Å²) in [7, 11) is 0. The summed E-state index contributed by atoms with van der Waals surface area (Å²) in [6, 6.07) is 6.79. The van der Waals surface area contributed by atoms with E-state index < -0.39 is 0 Å². The van der Waals surface area contributed by atoms with Gasteiger partial charge in [0, 0.05) is 32.7 Å². The highest BCUT2D eigenvalue weighted by atomic mass is 16.3. The minimum absolute atomic E-state index is 0.0559. The minimum Gasteiger partial charge on any atom is -0.507 e. The number of piperazine rings is 1. The monoisotopic (exact) mass is 303 g/mol. The summed E-state index contributed by atoms with van der Waals surface area (Å²) in [4.78, 5) is 16.8. The van der Waals surface area contributed by atoms with Crippen LogP contribution in [-0.4, -0.2) is 66.6 Å². The lowest BCUT2D eigenvalue weighted by atomic mass is 9.97. The third kappa shape index (κ3) is 3.59. The molecule has 0 atom stereocenters. The Labute approximate surface area is 131 Å². The smallest absolute Gasteiger partial charge is 0.257 e. The number of aromatic hydroxyl groups is 1. The molecule has 3 rings (SSSR count). The van der Waals surface area contributed by atoms with Gasteiger partial charge >= 0.3 is 0 Å². The van der Waals surface area contributed by atoms with E-state index in [0.29, 0.717) is 5.56 Å². The first-order chi connectivity index (χ1) is 10.7. The van der Waals surface area contributed by atoms with Crippen molar-refractivity contribution >= 4 is 5.91 Å². The summed E-state index contributed by atoms with van der Waals surface area (Å²) in [5.41, 5.74) is 0.411. The molecule has 0 aromatic heterocycles. The van der Waals surface area contributed by atoms with Gasteiger partial charge in [0.2, 0.25) is 0 Å². The summed E-state index contributed by atoms with van der Waals surface area (Å²) in [6.07, 6.45) is 2.52. The maximum Gasteiger partial charge on any atom is 0.257 e. The van der Waals surface area contributed by atoms with Crippen molar-refractivity contribution < 1.29 is 9.90 Å². The number of nitrogens with one attached hydrogen (secondary N) is 1. The lowest BCUT2D eigenvalue weighted by molar-refractivity contribution is 0.0605. The van der Waals surface area contributed by atoms with Crippen LogP contribution in [0.15, 0.2) is 24.3 Å². The van der Waals surface area contributed by atoms with Crippen LogP contribution >= 0.6 is 0 Å². The Morgan fingerprint density at radius 3 is 2.50 bits per heavy atom. The standard InChI is InChI=1S/C17H25N3O2/c21-16-4-2-1-3-15(16)17(22)20-11-9-19(10-12-20)13-14-5-7-18-8-6-14/h1-4,14,18,21H,5-13H2. The third-order valence-electron chi connectivity index (χ3n) is 4.77. The zero-order chi connectivity index (χ0) is 15.4. The first kappa shape index (κ1) is 15.3. The third-order valence-corrected chi connectivity index (χ3v) is 4.77. The number of rotatable bonds is 3. The van der Waals surface area contributed by atoms with Crippen LogP contribution in [-0.2, 0) is 0 Å². The molecule has 22 heavy (non-hydrogen) atoms. The maximum absolute atomic E-state index is 12.5. The quantitative estimate of drug-likeness (QED) is 0.879. The van der Waals surface area contributed by atoms with Gasteiger partial charge in [0.25, 0.3) is 5.91 Å². The van der Waals surface area contributed by atoms with Crippen molar-refractivity contribution in [2.75, 3.05) is 45.8 Å². The lowest BCUT2D eigenvalue weighted by Crippen LogP contribution is -2.50. The molecule has 0 saturated carbocycles. The van der Waals surface area contributed by atoms with Crippen LogP contribution in [0.25, 0.3) is 0 Å². The molecule has 1 aromatic rings. The van der Waals surface area contributed by atoms with Gasteiger partial charge in [-0.05, 0) is 44.0 Å². The average Bonchev–Trinajstić information content (AvgIpc) is 2.56. The fraction of sp³-hybridized carbons (Fsp3) is 0.588. The highest BCUT2D eigenvalue weighted by Crippen LogP contribution is 2.19. The minimum atomic E-state index is -0.0559. The van der Waals surface area contributed by atoms with E-state index in [0.717, 1.165) is 51.7 Å². The van der Waals surface area contributed by atoms with Crippen LogP contribution in [0.3, 0.4) is 0 Å². The van der Waals surface area contributed by atoms with Gasteiger partial charge in [0.05, 0.1) is 5.56 Å². The number of carbonyl (C=O) groups is 1. The topological polar surface area (TPSA) is 55.8 Å². The Bertz CT molecular complexity index is 506. The molecular weight excluding hydrogens is 278 g/mol. The van der Waals surface area contributed by atoms with Gasteiger partial charge in [-0.2, -0.15) is 0 Å². The molecule has 5 heteroatoms. The Hall–Kier alpha value is -1.59. The van der Waals surface area contributed by atoms with E-state index in [1.54, 1.807) is 24.3 Å². The van der Waals surface area contributed by atoms with Crippen molar-refractivity contribution in [3.8, 4) is 5.75 Å². The van der Waals surface area contributed by atoms with Crippen LogP contribution < -0.4 is 5.32 Å². The van der Waals surface area contributed by atoms with E-state index in [4.69, 9.17) is 0 Å². The van der Waals surface area contributed by atoms with Crippen molar-refractivity contribution in [1.29, 1.82) is 0 Å². The van der Waals surface area contributed by atoms with Crippen LogP contribution in [0.4, 0.5) is 0 Å². The molecule has 1 amide bonds. The van der Waals surface area contributed by atoms with Gasteiger partial charge in [-0.15, -0.1) is 0 Å². The first-order valence-electron chi connectivity index (χ1n) is 8.24. The Morgan fingerprint density at radius 1 is 1.14 bits per heavy atom. The molecule has 1 aromatic carbocycles. The Kier molecular flexibility index (Phi) is 4.95. The van der Waals surface area contributed by atoms with Gasteiger partial charge in [0.1, 0.15) is 5.75 Å². The largest absolute Gasteiger partial charge is 0.507 e. The average molecular weight is 303 g/mol. The van der Waals surface area contributed by atoms with E-state index in [-0.39, 0.29) is 11.7 Å². The highest BCUT2D eigenvalue weighted by molar-refractivity contribution is 5.96. The molecule has 2 saturated heterocycles. The molecule has 0 radical (unpaired) electrons. The number of hydrogen-bond donors (Lipinski definition) is 2. The second kappa shape index (κ2) is 7.11. The first-order valence-corrected chi connectivity index (χ1v) is 8.24. The summed E-state index contributed by atoms with van der Waals surface area (Å²) < 4.78 is 0. The van der Waals surface area contributed by atoms with Gasteiger partial charge in [-0.1, -0.05) is 12.1 Å². The zero-order valence-corrected chi connectivity index (χ0v) is 13.0. The number of piperidine rings is 1. The Balaban J connectivity index is 1.51. The van der Waals surface area contributed by atoms with Crippen molar-refractivity contribution in [2.45, 2.75) is 12.8 Å². The second-order valence-electron chi connectivity index (χ2n) is 6.30. The number of nitrogens with zero attached hydrogens (tertiary/aromatic N) is 2. The molecule has 2 aliphatic heterocycles. The molecule has 0 bridgehead atoms. The lowest BCUT2D eigenvalue weighted by Gasteiger charge is -2.37. The van der Waals surface area contributed by atoms with Crippen LogP contribution in [0.2, 0.25) is 0 Å². The number of phenols is 1. The van der Waals surface area contributed by atoms with Gasteiger partial charge in [-0.3, -0.25) is 9.69 Å². The fourth-order valence-electron chi connectivity index (χ4n) is 3.39. The van der Waals surface area contributed by atoms with Gasteiger partial charge < -0.3 is 15.3 Å². The number of amides is 1. The normalized spacial score (nSPS) is 21.0. The maximum atomic E-state index is 12.5. The van der Waals surface area contributed by atoms with Crippen LogP contribution in [0, 0.1) is 5.92 Å². The van der Waals surface area contributed by atoms with Crippen molar-refractivity contribution in [1.82, 2.24) is 15.1 Å².